The lowest BCUT2D eigenvalue weighted by atomic mass is 9.76. The molecule has 0 spiro atoms. The molecule has 4 nitrogen and oxygen atoms in total. The van der Waals surface area contributed by atoms with E-state index in [9.17, 15) is 13.9 Å². The number of aromatic nitrogens is 1. The van der Waals surface area contributed by atoms with E-state index in [1.54, 1.807) is 0 Å². The van der Waals surface area contributed by atoms with Crippen LogP contribution in [0.25, 0.3) is 0 Å². The quantitative estimate of drug-likeness (QED) is 0.862. The fourth-order valence-electron chi connectivity index (χ4n) is 2.04. The molecule has 110 valence electrons. The Morgan fingerprint density at radius 3 is 2.25 bits per heavy atom. The highest BCUT2D eigenvalue weighted by molar-refractivity contribution is 6.62. The number of hydrogen-bond acceptors (Lipinski definition) is 4. The minimum absolute atomic E-state index is 0.119. The zero-order valence-corrected chi connectivity index (χ0v) is 12.0. The van der Waals surface area contributed by atoms with Crippen LogP contribution >= 0.6 is 0 Å². The van der Waals surface area contributed by atoms with Crippen LogP contribution in [0, 0.1) is 0 Å². The molecule has 0 aliphatic carbocycles. The third-order valence-corrected chi connectivity index (χ3v) is 3.93. The maximum Gasteiger partial charge on any atom is 0.496 e. The van der Waals surface area contributed by atoms with Gasteiger partial charge in [0, 0.05) is 23.6 Å². The Balaban J connectivity index is 2.37. The van der Waals surface area contributed by atoms with Crippen LogP contribution in [0.4, 0.5) is 8.78 Å². The molecule has 0 amide bonds. The van der Waals surface area contributed by atoms with Crippen molar-refractivity contribution >= 4 is 12.6 Å². The number of aromatic hydroxyl groups is 1. The van der Waals surface area contributed by atoms with Crippen LogP contribution in [-0.4, -0.2) is 34.8 Å². The molecule has 0 bridgehead atoms. The van der Waals surface area contributed by atoms with Gasteiger partial charge in [-0.05, 0) is 27.7 Å². The van der Waals surface area contributed by atoms with Crippen LogP contribution in [0.5, 0.6) is 5.75 Å². The summed E-state index contributed by atoms with van der Waals surface area (Å²) in [6, 6.07) is 0. The Hall–Kier alpha value is -1.21. The Morgan fingerprint density at radius 2 is 1.75 bits per heavy atom. The summed E-state index contributed by atoms with van der Waals surface area (Å²) in [6.07, 6.45) is -0.579. The molecule has 0 aromatic carbocycles. The third-order valence-electron chi connectivity index (χ3n) is 3.93. The minimum Gasteiger partial charge on any atom is -0.506 e. The Labute approximate surface area is 117 Å². The lowest BCUT2D eigenvalue weighted by molar-refractivity contribution is 0.00578. The summed E-state index contributed by atoms with van der Waals surface area (Å²) >= 11 is 0. The molecule has 1 aliphatic rings. The first kappa shape index (κ1) is 15.2. The van der Waals surface area contributed by atoms with Crippen LogP contribution < -0.4 is 5.46 Å². The predicted octanol–water partition coefficient (Wildman–Crippen LogP) is 1.89. The van der Waals surface area contributed by atoms with Crippen molar-refractivity contribution in [1.29, 1.82) is 0 Å². The molecule has 0 atom stereocenters. The van der Waals surface area contributed by atoms with Gasteiger partial charge in [0.2, 0.25) is 6.43 Å². The van der Waals surface area contributed by atoms with E-state index in [4.69, 9.17) is 9.31 Å². The molecular formula is C13H18BF2NO3. The van der Waals surface area contributed by atoms with E-state index < -0.39 is 31.2 Å². The van der Waals surface area contributed by atoms with E-state index in [0.29, 0.717) is 5.46 Å². The summed E-state index contributed by atoms with van der Waals surface area (Å²) < 4.78 is 36.9. The highest BCUT2D eigenvalue weighted by atomic mass is 19.3. The molecule has 0 unspecified atom stereocenters. The maximum absolute atomic E-state index is 12.7. The highest BCUT2D eigenvalue weighted by Gasteiger charge is 2.52. The summed E-state index contributed by atoms with van der Waals surface area (Å²) in [5.74, 6) is -0.266. The average Bonchev–Trinajstić information content (AvgIpc) is 2.50. The topological polar surface area (TPSA) is 51.6 Å². The summed E-state index contributed by atoms with van der Waals surface area (Å²) in [5, 5.41) is 9.75. The number of pyridine rings is 1. The van der Waals surface area contributed by atoms with Gasteiger partial charge in [0.15, 0.2) is 0 Å². The summed E-state index contributed by atoms with van der Waals surface area (Å²) in [6.45, 7) is 7.48. The second kappa shape index (κ2) is 4.97. The van der Waals surface area contributed by atoms with Crippen LogP contribution in [0.3, 0.4) is 0 Å². The lowest BCUT2D eigenvalue weighted by Crippen LogP contribution is -2.41. The first-order chi connectivity index (χ1) is 9.14. The van der Waals surface area contributed by atoms with Gasteiger partial charge >= 0.3 is 7.12 Å². The first-order valence-electron chi connectivity index (χ1n) is 6.43. The fourth-order valence-corrected chi connectivity index (χ4v) is 2.04. The van der Waals surface area contributed by atoms with Crippen LogP contribution in [0.1, 0.15) is 33.3 Å². The van der Waals surface area contributed by atoms with Gasteiger partial charge in [-0.25, -0.2) is 8.78 Å². The van der Waals surface area contributed by atoms with Crippen LogP contribution in [0.15, 0.2) is 12.4 Å². The van der Waals surface area contributed by atoms with Crippen molar-refractivity contribution in [2.24, 2.45) is 0 Å². The molecule has 20 heavy (non-hydrogen) atoms. The van der Waals surface area contributed by atoms with E-state index in [1.807, 2.05) is 27.7 Å². The monoisotopic (exact) mass is 285 g/mol. The van der Waals surface area contributed by atoms with Crippen LogP contribution in [0.2, 0.25) is 0 Å². The predicted molar refractivity (Wildman–Crippen MR) is 71.3 cm³/mol. The Kier molecular flexibility index (Phi) is 3.77. The average molecular weight is 285 g/mol. The second-order valence-electron chi connectivity index (χ2n) is 5.91. The molecule has 1 aromatic heterocycles. The standard InChI is InChI=1S/C13H18BF2NO3/c1-12(2)13(3,4)20-14(19-12)9-6-17-7-10(18)8(9)5-11(15)16/h6-7,11,18H,5H2,1-4H3. The second-order valence-corrected chi connectivity index (χ2v) is 5.91. The molecule has 0 radical (unpaired) electrons. The molecule has 2 heterocycles. The van der Waals surface area contributed by atoms with Gasteiger partial charge in [-0.1, -0.05) is 0 Å². The Bertz CT molecular complexity index is 492. The van der Waals surface area contributed by atoms with Gasteiger partial charge in [0.1, 0.15) is 5.75 Å². The summed E-state index contributed by atoms with van der Waals surface area (Å²) in [5.41, 5.74) is -0.686. The number of hydrogen-bond donors (Lipinski definition) is 1. The van der Waals surface area contributed by atoms with Gasteiger partial charge in [-0.15, -0.1) is 0 Å². The van der Waals surface area contributed by atoms with Crippen molar-refractivity contribution in [2.75, 3.05) is 0 Å². The van der Waals surface area contributed by atoms with E-state index in [0.717, 1.165) is 6.20 Å². The number of nitrogens with zero attached hydrogens (tertiary/aromatic N) is 1. The molecule has 1 aliphatic heterocycles. The third kappa shape index (κ3) is 2.65. The van der Waals surface area contributed by atoms with E-state index in [2.05, 4.69) is 4.98 Å². The molecule has 1 fully saturated rings. The van der Waals surface area contributed by atoms with E-state index >= 15 is 0 Å². The zero-order chi connectivity index (χ0) is 15.1. The molecule has 2 rings (SSSR count). The highest BCUT2D eigenvalue weighted by Crippen LogP contribution is 2.37. The van der Waals surface area contributed by atoms with Crippen molar-refractivity contribution in [2.45, 2.75) is 51.7 Å². The summed E-state index contributed by atoms with van der Waals surface area (Å²) in [4.78, 5) is 3.84. The zero-order valence-electron chi connectivity index (χ0n) is 12.0. The SMILES string of the molecule is CC1(C)OB(c2cncc(O)c2CC(F)F)OC1(C)C. The maximum atomic E-state index is 12.7. The van der Waals surface area contributed by atoms with Gasteiger partial charge < -0.3 is 14.4 Å². The molecule has 1 saturated heterocycles. The first-order valence-corrected chi connectivity index (χ1v) is 6.43. The van der Waals surface area contributed by atoms with Gasteiger partial charge in [-0.2, -0.15) is 0 Å². The number of halogens is 2. The van der Waals surface area contributed by atoms with Crippen molar-refractivity contribution in [1.82, 2.24) is 4.98 Å². The summed E-state index contributed by atoms with van der Waals surface area (Å²) in [7, 11) is -0.812. The fraction of sp³-hybridized carbons (Fsp3) is 0.615. The number of alkyl halides is 2. The molecule has 7 heteroatoms. The Morgan fingerprint density at radius 1 is 1.20 bits per heavy atom. The van der Waals surface area contributed by atoms with Crippen molar-refractivity contribution in [3.05, 3.63) is 18.0 Å². The van der Waals surface area contributed by atoms with Gasteiger partial charge in [0.25, 0.3) is 0 Å². The van der Waals surface area contributed by atoms with Crippen molar-refractivity contribution in [3.63, 3.8) is 0 Å². The number of rotatable bonds is 3. The van der Waals surface area contributed by atoms with E-state index in [-0.39, 0.29) is 11.3 Å². The van der Waals surface area contributed by atoms with Crippen molar-refractivity contribution < 1.29 is 23.2 Å². The molecular weight excluding hydrogens is 267 g/mol. The molecule has 0 saturated carbocycles. The molecule has 1 aromatic rings. The molecule has 1 N–H and O–H groups in total. The van der Waals surface area contributed by atoms with Gasteiger partial charge in [-0.3, -0.25) is 4.98 Å². The smallest absolute Gasteiger partial charge is 0.496 e. The lowest BCUT2D eigenvalue weighted by Gasteiger charge is -2.32. The van der Waals surface area contributed by atoms with Crippen LogP contribution in [-0.2, 0) is 15.7 Å². The largest absolute Gasteiger partial charge is 0.506 e. The van der Waals surface area contributed by atoms with E-state index in [1.165, 1.54) is 6.20 Å². The van der Waals surface area contributed by atoms with Crippen molar-refractivity contribution in [3.8, 4) is 5.75 Å². The van der Waals surface area contributed by atoms with Gasteiger partial charge in [0.05, 0.1) is 17.4 Å². The normalized spacial score (nSPS) is 20.6. The minimum atomic E-state index is -2.57.